The molecule has 132 valence electrons. The number of carbonyl (C=O) groups is 1. The Morgan fingerprint density at radius 3 is 2.33 bits per heavy atom. The van der Waals surface area contributed by atoms with E-state index in [9.17, 15) is 22.4 Å². The maximum atomic E-state index is 13.2. The maximum absolute atomic E-state index is 13.2. The molecule has 2 aliphatic heterocycles. The molecule has 0 radical (unpaired) electrons. The lowest BCUT2D eigenvalue weighted by molar-refractivity contribution is -0.141. The number of hydrogen-bond acceptors (Lipinski definition) is 2. The zero-order valence-electron chi connectivity index (χ0n) is 13.3. The van der Waals surface area contributed by atoms with E-state index in [0.29, 0.717) is 31.6 Å². The number of nitrogens with zero attached hydrogens (tertiary/aromatic N) is 2. The third-order valence-electron chi connectivity index (χ3n) is 4.76. The molecule has 0 aromatic heterocycles. The molecule has 2 saturated heterocycles. The van der Waals surface area contributed by atoms with Gasteiger partial charge in [-0.25, -0.2) is 17.6 Å². The molecule has 3 nitrogen and oxygen atoms in total. The first-order valence-corrected chi connectivity index (χ1v) is 8.16. The number of benzene rings is 1. The Labute approximate surface area is 138 Å². The zero-order valence-corrected chi connectivity index (χ0v) is 13.3. The van der Waals surface area contributed by atoms with Gasteiger partial charge in [0.25, 0.3) is 5.92 Å². The van der Waals surface area contributed by atoms with E-state index in [1.165, 1.54) is 17.0 Å². The van der Waals surface area contributed by atoms with Crippen LogP contribution in [0.25, 0.3) is 0 Å². The summed E-state index contributed by atoms with van der Waals surface area (Å²) in [6.07, 6.45) is 0.0824. The molecule has 1 amide bonds. The lowest BCUT2D eigenvalue weighted by atomic mass is 10.0. The van der Waals surface area contributed by atoms with Gasteiger partial charge in [0.15, 0.2) is 0 Å². The molecule has 2 aliphatic rings. The normalized spacial score (nSPS) is 24.3. The summed E-state index contributed by atoms with van der Waals surface area (Å²) in [5.74, 6) is -4.22. The summed E-state index contributed by atoms with van der Waals surface area (Å²) in [6, 6.07) is 3.39. The van der Waals surface area contributed by atoms with Crippen molar-refractivity contribution in [3.63, 3.8) is 0 Å². The lowest BCUT2D eigenvalue weighted by Crippen LogP contribution is -2.45. The molecule has 1 aromatic rings. The van der Waals surface area contributed by atoms with Gasteiger partial charge in [-0.05, 0) is 30.7 Å². The van der Waals surface area contributed by atoms with Crippen LogP contribution in [0.4, 0.5) is 17.6 Å². The van der Waals surface area contributed by atoms with E-state index in [4.69, 9.17) is 0 Å². The summed E-state index contributed by atoms with van der Waals surface area (Å²) in [7, 11) is 0. The van der Waals surface area contributed by atoms with Crippen LogP contribution in [0.5, 0.6) is 0 Å². The first kappa shape index (κ1) is 17.2. The Morgan fingerprint density at radius 1 is 1.08 bits per heavy atom. The van der Waals surface area contributed by atoms with E-state index in [1.54, 1.807) is 0 Å². The van der Waals surface area contributed by atoms with Crippen LogP contribution < -0.4 is 0 Å². The first-order chi connectivity index (χ1) is 11.3. The average molecular weight is 344 g/mol. The molecular weight excluding hydrogens is 324 g/mol. The average Bonchev–Trinajstić information content (AvgIpc) is 2.94. The summed E-state index contributed by atoms with van der Waals surface area (Å²) >= 11 is 0. The predicted molar refractivity (Wildman–Crippen MR) is 80.5 cm³/mol. The molecule has 1 unspecified atom stereocenters. The van der Waals surface area contributed by atoms with Crippen LogP contribution in [0.15, 0.2) is 18.2 Å². The molecule has 0 N–H and O–H groups in total. The minimum absolute atomic E-state index is 0.0848. The van der Waals surface area contributed by atoms with Gasteiger partial charge in [0, 0.05) is 45.1 Å². The topological polar surface area (TPSA) is 23.6 Å². The highest BCUT2D eigenvalue weighted by Crippen LogP contribution is 2.29. The van der Waals surface area contributed by atoms with Crippen molar-refractivity contribution >= 4 is 5.91 Å². The van der Waals surface area contributed by atoms with Crippen LogP contribution in [0.1, 0.15) is 24.8 Å². The molecule has 0 aliphatic carbocycles. The van der Waals surface area contributed by atoms with Crippen molar-refractivity contribution in [3.05, 3.63) is 35.4 Å². The van der Waals surface area contributed by atoms with Crippen molar-refractivity contribution in [1.29, 1.82) is 0 Å². The molecule has 1 aromatic carbocycles. The summed E-state index contributed by atoms with van der Waals surface area (Å²) in [5, 5.41) is 0. The second kappa shape index (κ2) is 6.70. The predicted octanol–water partition coefficient (Wildman–Crippen LogP) is 3.04. The van der Waals surface area contributed by atoms with E-state index in [2.05, 4.69) is 0 Å². The first-order valence-electron chi connectivity index (χ1n) is 8.16. The Morgan fingerprint density at radius 2 is 1.71 bits per heavy atom. The van der Waals surface area contributed by atoms with Crippen molar-refractivity contribution in [2.24, 2.45) is 5.92 Å². The van der Waals surface area contributed by atoms with Gasteiger partial charge in [0.2, 0.25) is 5.91 Å². The molecular formula is C17H20F4N2O. The Balaban J connectivity index is 1.54. The lowest BCUT2D eigenvalue weighted by Gasteiger charge is -2.33. The van der Waals surface area contributed by atoms with Crippen molar-refractivity contribution in [2.45, 2.75) is 31.7 Å². The number of likely N-dealkylation sites (tertiary alicyclic amines) is 2. The monoisotopic (exact) mass is 344 g/mol. The van der Waals surface area contributed by atoms with Gasteiger partial charge in [0.05, 0.1) is 5.92 Å². The third-order valence-corrected chi connectivity index (χ3v) is 4.76. The van der Waals surface area contributed by atoms with Crippen LogP contribution in [-0.4, -0.2) is 47.8 Å². The Hall–Kier alpha value is -1.63. The molecule has 1 atom stereocenters. The summed E-state index contributed by atoms with van der Waals surface area (Å²) in [4.78, 5) is 15.9. The Kier molecular flexibility index (Phi) is 4.80. The van der Waals surface area contributed by atoms with Gasteiger partial charge in [-0.15, -0.1) is 0 Å². The molecule has 2 fully saturated rings. The summed E-state index contributed by atoms with van der Waals surface area (Å²) in [6.45, 7) is 1.70. The van der Waals surface area contributed by atoms with Crippen LogP contribution >= 0.6 is 0 Å². The number of amides is 1. The summed E-state index contributed by atoms with van der Waals surface area (Å²) < 4.78 is 52.8. The van der Waals surface area contributed by atoms with Crippen LogP contribution in [0.2, 0.25) is 0 Å². The van der Waals surface area contributed by atoms with Crippen molar-refractivity contribution < 1.29 is 22.4 Å². The van der Waals surface area contributed by atoms with Crippen molar-refractivity contribution in [2.75, 3.05) is 26.2 Å². The molecule has 2 heterocycles. The van der Waals surface area contributed by atoms with E-state index >= 15 is 0 Å². The SMILES string of the molecule is O=C(C1CCN(Cc2cc(F)cc(F)c2)C1)N1CCC(F)(F)CC1. The number of carbonyl (C=O) groups excluding carboxylic acids is 1. The third kappa shape index (κ3) is 4.06. The fraction of sp³-hybridized carbons (Fsp3) is 0.588. The van der Waals surface area contributed by atoms with Crippen LogP contribution in [-0.2, 0) is 11.3 Å². The van der Waals surface area contributed by atoms with E-state index in [1.807, 2.05) is 4.90 Å². The molecule has 0 spiro atoms. The van der Waals surface area contributed by atoms with Crippen LogP contribution in [0, 0.1) is 17.6 Å². The second-order valence-electron chi connectivity index (χ2n) is 6.68. The molecule has 7 heteroatoms. The molecule has 3 rings (SSSR count). The molecule has 0 saturated carbocycles. The van der Waals surface area contributed by atoms with Crippen molar-refractivity contribution in [3.8, 4) is 0 Å². The van der Waals surface area contributed by atoms with Gasteiger partial charge in [-0.3, -0.25) is 9.69 Å². The second-order valence-corrected chi connectivity index (χ2v) is 6.68. The number of halogens is 4. The number of alkyl halides is 2. The van der Waals surface area contributed by atoms with Crippen LogP contribution in [0.3, 0.4) is 0 Å². The zero-order chi connectivity index (χ0) is 17.3. The number of hydrogen-bond donors (Lipinski definition) is 0. The standard InChI is InChI=1S/C17H20F4N2O/c18-14-7-12(8-15(19)9-14)10-22-4-1-13(11-22)16(24)23-5-2-17(20,21)3-6-23/h7-9,13H,1-6,10-11H2. The fourth-order valence-electron chi connectivity index (χ4n) is 3.45. The number of rotatable bonds is 3. The molecule has 24 heavy (non-hydrogen) atoms. The highest BCUT2D eigenvalue weighted by atomic mass is 19.3. The van der Waals surface area contributed by atoms with Gasteiger partial charge < -0.3 is 4.90 Å². The minimum Gasteiger partial charge on any atom is -0.342 e. The molecule has 0 bridgehead atoms. The van der Waals surface area contributed by atoms with Gasteiger partial charge in [0.1, 0.15) is 11.6 Å². The maximum Gasteiger partial charge on any atom is 0.251 e. The smallest absolute Gasteiger partial charge is 0.251 e. The van der Waals surface area contributed by atoms with Gasteiger partial charge in [-0.2, -0.15) is 0 Å². The van der Waals surface area contributed by atoms with E-state index in [-0.39, 0.29) is 37.8 Å². The number of piperidine rings is 1. The highest BCUT2D eigenvalue weighted by molar-refractivity contribution is 5.79. The highest BCUT2D eigenvalue weighted by Gasteiger charge is 2.38. The van der Waals surface area contributed by atoms with Gasteiger partial charge in [-0.1, -0.05) is 0 Å². The summed E-state index contributed by atoms with van der Waals surface area (Å²) in [5.41, 5.74) is 0.526. The van der Waals surface area contributed by atoms with Crippen molar-refractivity contribution in [1.82, 2.24) is 9.80 Å². The fourth-order valence-corrected chi connectivity index (χ4v) is 3.45. The van der Waals surface area contributed by atoms with E-state index < -0.39 is 17.6 Å². The minimum atomic E-state index is -2.67. The van der Waals surface area contributed by atoms with Gasteiger partial charge >= 0.3 is 0 Å². The quantitative estimate of drug-likeness (QED) is 0.787. The van der Waals surface area contributed by atoms with E-state index in [0.717, 1.165) is 6.07 Å². The largest absolute Gasteiger partial charge is 0.342 e. The Bertz CT molecular complexity index is 592.